The molecule has 0 unspecified atom stereocenters. The van der Waals surface area contributed by atoms with Crippen LogP contribution < -0.4 is 10.2 Å². The van der Waals surface area contributed by atoms with Crippen molar-refractivity contribution in [3.63, 3.8) is 0 Å². The number of benzene rings is 1. The van der Waals surface area contributed by atoms with Crippen LogP contribution in [0.2, 0.25) is 0 Å². The molecule has 2 bridgehead atoms. The van der Waals surface area contributed by atoms with E-state index in [9.17, 15) is 14.4 Å². The van der Waals surface area contributed by atoms with E-state index < -0.39 is 11.4 Å². The van der Waals surface area contributed by atoms with Gasteiger partial charge in [-0.25, -0.2) is 4.79 Å². The zero-order valence-corrected chi connectivity index (χ0v) is 18.3. The van der Waals surface area contributed by atoms with Gasteiger partial charge in [0.25, 0.3) is 5.91 Å². The first-order chi connectivity index (χ1) is 15.5. The number of hydrogen-bond donors (Lipinski definition) is 0. The van der Waals surface area contributed by atoms with Crippen molar-refractivity contribution in [2.24, 2.45) is 5.92 Å². The Balaban J connectivity index is 1.61. The van der Waals surface area contributed by atoms with Crippen molar-refractivity contribution in [1.82, 2.24) is 9.47 Å². The molecule has 7 nitrogen and oxygen atoms in total. The predicted molar refractivity (Wildman–Crippen MR) is 118 cm³/mol. The van der Waals surface area contributed by atoms with Crippen LogP contribution in [0.4, 0.5) is 0 Å². The van der Waals surface area contributed by atoms with Gasteiger partial charge in [0.2, 0.25) is 5.43 Å². The molecular weight excluding hydrogens is 408 g/mol. The Morgan fingerprint density at radius 2 is 1.88 bits per heavy atom. The molecule has 3 fully saturated rings. The maximum Gasteiger partial charge on any atom is 0.343 e. The van der Waals surface area contributed by atoms with E-state index in [-0.39, 0.29) is 41.7 Å². The van der Waals surface area contributed by atoms with Gasteiger partial charge in [-0.1, -0.05) is 30.3 Å². The Labute approximate surface area is 186 Å². The quantitative estimate of drug-likeness (QED) is 0.672. The molecule has 7 heteroatoms. The van der Waals surface area contributed by atoms with Gasteiger partial charge >= 0.3 is 5.97 Å². The van der Waals surface area contributed by atoms with E-state index in [2.05, 4.69) is 0 Å². The predicted octanol–water partition coefficient (Wildman–Crippen LogP) is 3.39. The summed E-state index contributed by atoms with van der Waals surface area (Å²) in [7, 11) is 0. The molecule has 1 amide bonds. The summed E-state index contributed by atoms with van der Waals surface area (Å²) in [5.41, 5.74) is 0.192. The van der Waals surface area contributed by atoms with E-state index in [0.717, 1.165) is 37.7 Å². The topological polar surface area (TPSA) is 77.8 Å². The van der Waals surface area contributed by atoms with Gasteiger partial charge in [-0.05, 0) is 50.5 Å². The molecule has 1 saturated carbocycles. The van der Waals surface area contributed by atoms with Crippen LogP contribution in [0.15, 0.2) is 41.3 Å². The van der Waals surface area contributed by atoms with Crippen LogP contribution in [0.3, 0.4) is 0 Å². The highest BCUT2D eigenvalue weighted by molar-refractivity contribution is 5.98. The minimum absolute atomic E-state index is 0.0574. The number of fused-ring (bicyclic) bond motifs is 4. The van der Waals surface area contributed by atoms with E-state index >= 15 is 0 Å². The third kappa shape index (κ3) is 3.40. The number of hydrogen-bond acceptors (Lipinski definition) is 5. The lowest BCUT2D eigenvalue weighted by Gasteiger charge is -2.48. The molecule has 3 aliphatic heterocycles. The SMILES string of the molecule is CCOC(=O)c1cn2c(c(OCc3ccccc3)c1=O)C(=O)N1CCC3CCC1(CC3)C2. The summed E-state index contributed by atoms with van der Waals surface area (Å²) in [5, 5.41) is 0. The molecule has 0 radical (unpaired) electrons. The fraction of sp³-hybridized carbons (Fsp3) is 0.480. The van der Waals surface area contributed by atoms with Crippen LogP contribution in [-0.2, 0) is 17.9 Å². The standard InChI is InChI=1S/C25H28N2O5/c1-2-31-24(30)19-14-26-16-25-11-8-17(9-12-25)10-13-27(25)23(29)20(26)22(21(19)28)32-15-18-6-4-3-5-7-18/h3-7,14,17H,2,8-13,15-16H2,1H3. The number of ether oxygens (including phenoxy) is 2. The van der Waals surface area contributed by atoms with Crippen molar-refractivity contribution >= 4 is 11.9 Å². The van der Waals surface area contributed by atoms with Crippen molar-refractivity contribution in [3.8, 4) is 5.75 Å². The van der Waals surface area contributed by atoms with Crippen LogP contribution in [-0.4, -0.2) is 40.0 Å². The normalized spacial score (nSPS) is 23.8. The third-order valence-electron chi connectivity index (χ3n) is 7.24. The van der Waals surface area contributed by atoms with Crippen molar-refractivity contribution in [2.75, 3.05) is 13.2 Å². The van der Waals surface area contributed by atoms with Gasteiger partial charge in [-0.3, -0.25) is 9.59 Å². The van der Waals surface area contributed by atoms with E-state index in [1.807, 2.05) is 35.2 Å². The fourth-order valence-electron chi connectivity index (χ4n) is 5.53. The van der Waals surface area contributed by atoms with Crippen LogP contribution in [0.1, 0.15) is 65.4 Å². The number of nitrogens with zero attached hydrogens (tertiary/aromatic N) is 2. The summed E-state index contributed by atoms with van der Waals surface area (Å²) in [4.78, 5) is 41.6. The molecule has 1 aliphatic carbocycles. The van der Waals surface area contributed by atoms with Crippen LogP contribution in [0, 0.1) is 5.92 Å². The number of esters is 1. The van der Waals surface area contributed by atoms with Crippen molar-refractivity contribution < 1.29 is 19.1 Å². The Hall–Kier alpha value is -3.09. The van der Waals surface area contributed by atoms with Gasteiger partial charge in [0.05, 0.1) is 12.1 Å². The zero-order valence-electron chi connectivity index (χ0n) is 18.3. The van der Waals surface area contributed by atoms with E-state index in [1.165, 1.54) is 6.20 Å². The average Bonchev–Trinajstić information content (AvgIpc) is 3.10. The molecule has 4 heterocycles. The molecule has 4 aliphatic rings. The minimum Gasteiger partial charge on any atom is -0.483 e. The Morgan fingerprint density at radius 3 is 2.59 bits per heavy atom. The molecule has 0 atom stereocenters. The summed E-state index contributed by atoms with van der Waals surface area (Å²) in [6, 6.07) is 9.46. The third-order valence-corrected chi connectivity index (χ3v) is 7.24. The highest BCUT2D eigenvalue weighted by atomic mass is 16.5. The molecule has 32 heavy (non-hydrogen) atoms. The van der Waals surface area contributed by atoms with Crippen LogP contribution in [0.5, 0.6) is 5.75 Å². The molecule has 6 rings (SSSR count). The number of aromatic nitrogens is 1. The lowest BCUT2D eigenvalue weighted by Crippen LogP contribution is -2.58. The molecule has 1 aromatic heterocycles. The minimum atomic E-state index is -0.686. The Morgan fingerprint density at radius 1 is 1.12 bits per heavy atom. The summed E-state index contributed by atoms with van der Waals surface area (Å²) in [5.74, 6) is -0.257. The van der Waals surface area contributed by atoms with E-state index in [1.54, 1.807) is 11.5 Å². The highest BCUT2D eigenvalue weighted by Crippen LogP contribution is 2.46. The van der Waals surface area contributed by atoms with Gasteiger partial charge in [0.15, 0.2) is 11.4 Å². The molecule has 1 aromatic carbocycles. The van der Waals surface area contributed by atoms with Gasteiger partial charge in [-0.2, -0.15) is 0 Å². The first kappa shape index (κ1) is 20.8. The van der Waals surface area contributed by atoms with Gasteiger partial charge < -0.3 is 18.9 Å². The van der Waals surface area contributed by atoms with E-state index in [0.29, 0.717) is 19.0 Å². The van der Waals surface area contributed by atoms with Crippen LogP contribution in [0.25, 0.3) is 0 Å². The summed E-state index contributed by atoms with van der Waals surface area (Å²) in [6.07, 6.45) is 6.63. The van der Waals surface area contributed by atoms with E-state index in [4.69, 9.17) is 9.47 Å². The Kier molecular flexibility index (Phi) is 5.27. The molecule has 0 N–H and O–H groups in total. The number of carbonyl (C=O) groups excluding carboxylic acids is 2. The molecule has 2 saturated heterocycles. The van der Waals surface area contributed by atoms with Crippen molar-refractivity contribution in [3.05, 3.63) is 63.6 Å². The van der Waals surface area contributed by atoms with Gasteiger partial charge in [-0.15, -0.1) is 0 Å². The first-order valence-corrected chi connectivity index (χ1v) is 11.5. The van der Waals surface area contributed by atoms with Crippen molar-refractivity contribution in [1.29, 1.82) is 0 Å². The maximum atomic E-state index is 13.7. The average molecular weight is 437 g/mol. The molecule has 2 aromatic rings. The molecular formula is C25H28N2O5. The number of pyridine rings is 1. The Bertz CT molecular complexity index is 1100. The second kappa shape index (κ2) is 8.11. The lowest BCUT2D eigenvalue weighted by molar-refractivity contribution is 0.0230. The monoisotopic (exact) mass is 436 g/mol. The summed E-state index contributed by atoms with van der Waals surface area (Å²) < 4.78 is 12.9. The summed E-state index contributed by atoms with van der Waals surface area (Å²) >= 11 is 0. The van der Waals surface area contributed by atoms with Crippen LogP contribution >= 0.6 is 0 Å². The highest BCUT2D eigenvalue weighted by Gasteiger charge is 2.50. The second-order valence-electron chi connectivity index (χ2n) is 9.09. The molecule has 1 spiro atoms. The lowest BCUT2D eigenvalue weighted by atomic mass is 9.76. The second-order valence-corrected chi connectivity index (χ2v) is 9.09. The zero-order chi connectivity index (χ0) is 22.3. The largest absolute Gasteiger partial charge is 0.483 e. The van der Waals surface area contributed by atoms with Gasteiger partial charge in [0, 0.05) is 19.3 Å². The fourth-order valence-corrected chi connectivity index (χ4v) is 5.53. The maximum absolute atomic E-state index is 13.7. The molecule has 168 valence electrons. The summed E-state index contributed by atoms with van der Waals surface area (Å²) in [6.45, 7) is 3.27. The van der Waals surface area contributed by atoms with Gasteiger partial charge in [0.1, 0.15) is 12.2 Å². The smallest absolute Gasteiger partial charge is 0.343 e. The first-order valence-electron chi connectivity index (χ1n) is 11.5. The number of carbonyl (C=O) groups is 2. The number of amides is 1. The van der Waals surface area contributed by atoms with Crippen molar-refractivity contribution in [2.45, 2.75) is 57.7 Å². The number of rotatable bonds is 5.